The van der Waals surface area contributed by atoms with Gasteiger partial charge in [-0.25, -0.2) is 0 Å². The summed E-state index contributed by atoms with van der Waals surface area (Å²) in [4.78, 5) is 14.6. The van der Waals surface area contributed by atoms with Crippen LogP contribution in [0.5, 0.6) is 0 Å². The molecule has 2 nitrogen and oxygen atoms in total. The van der Waals surface area contributed by atoms with Crippen LogP contribution in [0.25, 0.3) is 0 Å². The van der Waals surface area contributed by atoms with Crippen molar-refractivity contribution in [1.29, 1.82) is 0 Å². The highest BCUT2D eigenvalue weighted by molar-refractivity contribution is 5.77. The van der Waals surface area contributed by atoms with E-state index < -0.39 is 0 Å². The lowest BCUT2D eigenvalue weighted by Gasteiger charge is -2.62. The van der Waals surface area contributed by atoms with Gasteiger partial charge in [-0.05, 0) is 90.6 Å². The standard InChI is InChI=1S/C32H41NO/c1-31-20-18-26-24(14-17-28-32(26,2)21-19-29(34)33(28)3)25(31)15-16-27(31)30(22-10-6-4-7-11-22)23-12-8-5-9-13-23/h4-13,24-28,30H,14-21H2,1-3H3/t24-,25-,26+,27?,28?,31-,32+/m0/s1. The molecule has 1 saturated heterocycles. The fraction of sp³-hybridized carbons (Fsp3) is 0.594. The molecule has 34 heavy (non-hydrogen) atoms. The maximum atomic E-state index is 12.5. The molecule has 2 unspecified atom stereocenters. The number of nitrogens with zero attached hydrogens (tertiary/aromatic N) is 1. The number of carbonyl (C=O) groups is 1. The molecule has 2 aromatic carbocycles. The molecule has 0 aromatic heterocycles. The summed E-state index contributed by atoms with van der Waals surface area (Å²) in [5, 5.41) is 0. The number of benzene rings is 2. The second kappa shape index (κ2) is 8.25. The Kier molecular flexibility index (Phi) is 5.43. The molecule has 4 aliphatic rings. The minimum absolute atomic E-state index is 0.309. The first-order valence-corrected chi connectivity index (χ1v) is 13.8. The van der Waals surface area contributed by atoms with Gasteiger partial charge in [0.25, 0.3) is 0 Å². The Morgan fingerprint density at radius 1 is 0.765 bits per heavy atom. The van der Waals surface area contributed by atoms with Gasteiger partial charge in [0, 0.05) is 25.4 Å². The van der Waals surface area contributed by atoms with Crippen LogP contribution >= 0.6 is 0 Å². The molecule has 1 amide bonds. The quantitative estimate of drug-likeness (QED) is 0.475. The molecular formula is C32H41NO. The zero-order valence-corrected chi connectivity index (χ0v) is 21.2. The second-order valence-corrected chi connectivity index (χ2v) is 12.5. The van der Waals surface area contributed by atoms with Crippen LogP contribution < -0.4 is 0 Å². The van der Waals surface area contributed by atoms with Crippen LogP contribution in [0.3, 0.4) is 0 Å². The van der Waals surface area contributed by atoms with Gasteiger partial charge < -0.3 is 4.90 Å². The summed E-state index contributed by atoms with van der Waals surface area (Å²) in [5.41, 5.74) is 3.69. The van der Waals surface area contributed by atoms with E-state index in [-0.39, 0.29) is 0 Å². The van der Waals surface area contributed by atoms with Crippen LogP contribution in [0, 0.1) is 34.5 Å². The number of hydrogen-bond donors (Lipinski definition) is 0. The predicted molar refractivity (Wildman–Crippen MR) is 138 cm³/mol. The summed E-state index contributed by atoms with van der Waals surface area (Å²) in [6.45, 7) is 5.21. The fourth-order valence-corrected chi connectivity index (χ4v) is 9.72. The van der Waals surface area contributed by atoms with Crippen molar-refractivity contribution < 1.29 is 4.79 Å². The fourth-order valence-electron chi connectivity index (χ4n) is 9.72. The highest BCUT2D eigenvalue weighted by Gasteiger charge is 2.62. The number of likely N-dealkylation sites (tertiary alicyclic amines) is 1. The van der Waals surface area contributed by atoms with Crippen LogP contribution in [0.4, 0.5) is 0 Å². The molecule has 3 aliphatic carbocycles. The van der Waals surface area contributed by atoms with Crippen LogP contribution in [0.2, 0.25) is 0 Å². The van der Waals surface area contributed by atoms with Gasteiger partial charge in [0.15, 0.2) is 0 Å². The molecule has 180 valence electrons. The maximum absolute atomic E-state index is 12.5. The van der Waals surface area contributed by atoms with Gasteiger partial charge in [-0.15, -0.1) is 0 Å². The number of carbonyl (C=O) groups excluding carboxylic acids is 1. The molecule has 0 radical (unpaired) electrons. The number of rotatable bonds is 3. The van der Waals surface area contributed by atoms with Crippen LogP contribution in [0.1, 0.15) is 82.3 Å². The van der Waals surface area contributed by atoms with Crippen LogP contribution in [0.15, 0.2) is 60.7 Å². The molecule has 0 N–H and O–H groups in total. The van der Waals surface area contributed by atoms with E-state index in [1.165, 1.54) is 49.7 Å². The zero-order valence-electron chi connectivity index (χ0n) is 21.2. The topological polar surface area (TPSA) is 20.3 Å². The molecule has 0 bridgehead atoms. The monoisotopic (exact) mass is 455 g/mol. The maximum Gasteiger partial charge on any atom is 0.222 e. The van der Waals surface area contributed by atoms with Gasteiger partial charge in [0.2, 0.25) is 5.91 Å². The van der Waals surface area contributed by atoms with E-state index in [0.717, 1.165) is 30.6 Å². The molecule has 7 atom stereocenters. The summed E-state index contributed by atoms with van der Waals surface area (Å²) in [5.74, 6) is 4.00. The SMILES string of the molecule is CN1C(=O)CC[C@@]2(C)C1CC[C@@H]1[C@H]2CC[C@]2(C)C(C(c3ccccc3)c3ccccc3)CC[C@@H]12. The van der Waals surface area contributed by atoms with Crippen molar-refractivity contribution in [1.82, 2.24) is 4.90 Å². The van der Waals surface area contributed by atoms with E-state index >= 15 is 0 Å². The molecule has 1 aliphatic heterocycles. The van der Waals surface area contributed by atoms with Crippen LogP contribution in [-0.2, 0) is 4.79 Å². The van der Waals surface area contributed by atoms with Crippen molar-refractivity contribution >= 4 is 5.91 Å². The lowest BCUT2D eigenvalue weighted by molar-refractivity contribution is -0.158. The first-order chi connectivity index (χ1) is 16.4. The molecule has 6 rings (SSSR count). The Morgan fingerprint density at radius 3 is 2.03 bits per heavy atom. The summed E-state index contributed by atoms with van der Waals surface area (Å²) >= 11 is 0. The van der Waals surface area contributed by atoms with Crippen molar-refractivity contribution in [2.45, 2.75) is 77.2 Å². The molecule has 2 heteroatoms. The van der Waals surface area contributed by atoms with E-state index in [9.17, 15) is 4.79 Å². The highest BCUT2D eigenvalue weighted by atomic mass is 16.2. The van der Waals surface area contributed by atoms with Crippen molar-refractivity contribution in [2.75, 3.05) is 7.05 Å². The van der Waals surface area contributed by atoms with Gasteiger partial charge in [0.05, 0.1) is 0 Å². The Morgan fingerprint density at radius 2 is 1.38 bits per heavy atom. The molecule has 0 spiro atoms. The van der Waals surface area contributed by atoms with Crippen molar-refractivity contribution in [2.24, 2.45) is 34.5 Å². The third-order valence-corrected chi connectivity index (χ3v) is 11.4. The summed E-state index contributed by atoms with van der Waals surface area (Å²) in [6, 6.07) is 23.1. The number of amides is 1. The third-order valence-electron chi connectivity index (χ3n) is 11.4. The normalized spacial score (nSPS) is 39.5. The number of piperidine rings is 1. The van der Waals surface area contributed by atoms with Crippen molar-refractivity contribution in [3.8, 4) is 0 Å². The van der Waals surface area contributed by atoms with Gasteiger partial charge in [-0.1, -0.05) is 74.5 Å². The van der Waals surface area contributed by atoms with E-state index in [1.807, 2.05) is 0 Å². The largest absolute Gasteiger partial charge is 0.342 e. The van der Waals surface area contributed by atoms with Gasteiger partial charge >= 0.3 is 0 Å². The lowest BCUT2D eigenvalue weighted by Crippen LogP contribution is -2.61. The number of hydrogen-bond acceptors (Lipinski definition) is 1. The summed E-state index contributed by atoms with van der Waals surface area (Å²) in [6.07, 6.45) is 9.80. The Bertz CT molecular complexity index is 994. The Labute approximate surface area is 206 Å². The summed E-state index contributed by atoms with van der Waals surface area (Å²) in [7, 11) is 2.08. The summed E-state index contributed by atoms with van der Waals surface area (Å²) < 4.78 is 0. The van der Waals surface area contributed by atoms with Gasteiger partial charge in [-0.3, -0.25) is 4.79 Å². The minimum Gasteiger partial charge on any atom is -0.342 e. The Hall–Kier alpha value is -2.09. The first kappa shape index (κ1) is 22.4. The van der Waals surface area contributed by atoms with Gasteiger partial charge in [-0.2, -0.15) is 0 Å². The molecule has 4 fully saturated rings. The van der Waals surface area contributed by atoms with E-state index in [0.29, 0.717) is 34.6 Å². The predicted octanol–water partition coefficient (Wildman–Crippen LogP) is 7.30. The van der Waals surface area contributed by atoms with E-state index in [1.54, 1.807) is 0 Å². The molecule has 2 aromatic rings. The average molecular weight is 456 g/mol. The molecule has 1 heterocycles. The van der Waals surface area contributed by atoms with Crippen LogP contribution in [-0.4, -0.2) is 23.9 Å². The van der Waals surface area contributed by atoms with Crippen molar-refractivity contribution in [3.05, 3.63) is 71.8 Å². The first-order valence-electron chi connectivity index (χ1n) is 13.8. The number of fused-ring (bicyclic) bond motifs is 5. The van der Waals surface area contributed by atoms with E-state index in [4.69, 9.17) is 0 Å². The average Bonchev–Trinajstić information content (AvgIpc) is 3.20. The Balaban J connectivity index is 1.34. The van der Waals surface area contributed by atoms with Crippen molar-refractivity contribution in [3.63, 3.8) is 0 Å². The third kappa shape index (κ3) is 3.23. The van der Waals surface area contributed by atoms with Gasteiger partial charge in [0.1, 0.15) is 0 Å². The second-order valence-electron chi connectivity index (χ2n) is 12.5. The minimum atomic E-state index is 0.309. The molecule has 3 saturated carbocycles. The van der Waals surface area contributed by atoms with E-state index in [2.05, 4.69) is 86.5 Å². The lowest BCUT2D eigenvalue weighted by atomic mass is 9.46. The molecular weight excluding hydrogens is 414 g/mol. The highest BCUT2D eigenvalue weighted by Crippen LogP contribution is 2.68. The zero-order chi connectivity index (χ0) is 23.5. The smallest absolute Gasteiger partial charge is 0.222 e.